The van der Waals surface area contributed by atoms with Gasteiger partial charge in [-0.05, 0) is 25.3 Å². The average molecular weight is 307 g/mol. The average Bonchev–Trinajstić information content (AvgIpc) is 2.97. The Kier molecular flexibility index (Phi) is 3.49. The van der Waals surface area contributed by atoms with Gasteiger partial charge in [0.25, 0.3) is 5.91 Å². The Bertz CT molecular complexity index is 791. The normalized spacial score (nSPS) is 20.7. The minimum atomic E-state index is -2.91. The van der Waals surface area contributed by atoms with Crippen LogP contribution in [0, 0.1) is 12.8 Å². The summed E-state index contributed by atoms with van der Waals surface area (Å²) in [5.41, 5.74) is 1.49. The molecule has 112 valence electrons. The van der Waals surface area contributed by atoms with Crippen LogP contribution in [0.25, 0.3) is 11.0 Å². The monoisotopic (exact) mass is 307 g/mol. The highest BCUT2D eigenvalue weighted by molar-refractivity contribution is 7.91. The van der Waals surface area contributed by atoms with E-state index >= 15 is 0 Å². The molecule has 0 saturated carbocycles. The van der Waals surface area contributed by atoms with Crippen molar-refractivity contribution < 1.29 is 17.6 Å². The van der Waals surface area contributed by atoms with Crippen LogP contribution in [-0.2, 0) is 9.84 Å². The quantitative estimate of drug-likeness (QED) is 0.939. The molecule has 1 atom stereocenters. The van der Waals surface area contributed by atoms with Gasteiger partial charge in [-0.1, -0.05) is 18.2 Å². The van der Waals surface area contributed by atoms with Gasteiger partial charge in [-0.3, -0.25) is 4.79 Å². The zero-order chi connectivity index (χ0) is 15.0. The second kappa shape index (κ2) is 5.18. The summed E-state index contributed by atoms with van der Waals surface area (Å²) in [5, 5.41) is 3.71. The number of sulfone groups is 1. The van der Waals surface area contributed by atoms with E-state index in [0.29, 0.717) is 24.3 Å². The van der Waals surface area contributed by atoms with Crippen molar-refractivity contribution in [1.29, 1.82) is 0 Å². The molecule has 2 aromatic rings. The number of para-hydroxylation sites is 1. The smallest absolute Gasteiger partial charge is 0.287 e. The van der Waals surface area contributed by atoms with Crippen molar-refractivity contribution in [1.82, 2.24) is 5.32 Å². The van der Waals surface area contributed by atoms with E-state index in [1.807, 2.05) is 31.2 Å². The predicted octanol–water partition coefficient (Wildman–Crippen LogP) is 1.91. The molecule has 3 rings (SSSR count). The Hall–Kier alpha value is -1.82. The van der Waals surface area contributed by atoms with Crippen LogP contribution in [0.3, 0.4) is 0 Å². The van der Waals surface area contributed by atoms with Crippen LogP contribution in [0.4, 0.5) is 0 Å². The van der Waals surface area contributed by atoms with E-state index in [1.54, 1.807) is 0 Å². The molecule has 1 aliphatic rings. The SMILES string of the molecule is Cc1c(C(=O)NC[C@H]2CCS(=O)(=O)C2)oc2ccccc12. The van der Waals surface area contributed by atoms with Gasteiger partial charge in [-0.15, -0.1) is 0 Å². The molecule has 1 saturated heterocycles. The summed E-state index contributed by atoms with van der Waals surface area (Å²) in [6.07, 6.45) is 0.613. The highest BCUT2D eigenvalue weighted by Crippen LogP contribution is 2.25. The summed E-state index contributed by atoms with van der Waals surface area (Å²) >= 11 is 0. The predicted molar refractivity (Wildman–Crippen MR) is 80.0 cm³/mol. The van der Waals surface area contributed by atoms with Crippen molar-refractivity contribution in [3.8, 4) is 0 Å². The molecule has 1 N–H and O–H groups in total. The summed E-state index contributed by atoms with van der Waals surface area (Å²) in [6, 6.07) is 7.49. The summed E-state index contributed by atoms with van der Waals surface area (Å²) in [7, 11) is -2.91. The van der Waals surface area contributed by atoms with Crippen molar-refractivity contribution in [2.24, 2.45) is 5.92 Å². The third-order valence-electron chi connectivity index (χ3n) is 3.93. The lowest BCUT2D eigenvalue weighted by Crippen LogP contribution is -2.29. The molecule has 0 unspecified atom stereocenters. The number of fused-ring (bicyclic) bond motifs is 1. The highest BCUT2D eigenvalue weighted by atomic mass is 32.2. The number of carbonyl (C=O) groups is 1. The maximum absolute atomic E-state index is 12.2. The Balaban J connectivity index is 1.71. The minimum Gasteiger partial charge on any atom is -0.451 e. The van der Waals surface area contributed by atoms with E-state index in [-0.39, 0.29) is 23.3 Å². The van der Waals surface area contributed by atoms with Gasteiger partial charge < -0.3 is 9.73 Å². The number of hydrogen-bond acceptors (Lipinski definition) is 4. The van der Waals surface area contributed by atoms with Gasteiger partial charge in [0.05, 0.1) is 11.5 Å². The van der Waals surface area contributed by atoms with Gasteiger partial charge in [0.2, 0.25) is 0 Å². The summed E-state index contributed by atoms with van der Waals surface area (Å²) in [6.45, 7) is 2.22. The Morgan fingerprint density at radius 1 is 1.38 bits per heavy atom. The maximum Gasteiger partial charge on any atom is 0.287 e. The number of rotatable bonds is 3. The van der Waals surface area contributed by atoms with Crippen molar-refractivity contribution >= 4 is 26.7 Å². The molecule has 6 heteroatoms. The van der Waals surface area contributed by atoms with Crippen LogP contribution >= 0.6 is 0 Å². The minimum absolute atomic E-state index is 0.00337. The molecule has 0 aliphatic carbocycles. The fourth-order valence-electron chi connectivity index (χ4n) is 2.74. The van der Waals surface area contributed by atoms with E-state index in [1.165, 1.54) is 0 Å². The van der Waals surface area contributed by atoms with Gasteiger partial charge in [0.1, 0.15) is 5.58 Å². The Morgan fingerprint density at radius 3 is 2.81 bits per heavy atom. The molecular weight excluding hydrogens is 290 g/mol. The van der Waals surface area contributed by atoms with Crippen LogP contribution in [0.5, 0.6) is 0 Å². The molecule has 1 fully saturated rings. The molecule has 21 heavy (non-hydrogen) atoms. The zero-order valence-corrected chi connectivity index (χ0v) is 12.6. The van der Waals surface area contributed by atoms with Crippen LogP contribution in [0.2, 0.25) is 0 Å². The Morgan fingerprint density at radius 2 is 2.14 bits per heavy atom. The largest absolute Gasteiger partial charge is 0.451 e. The number of aryl methyl sites for hydroxylation is 1. The molecule has 0 bridgehead atoms. The molecule has 1 aromatic carbocycles. The Labute approximate surface area is 123 Å². The lowest BCUT2D eigenvalue weighted by molar-refractivity contribution is 0.0922. The van der Waals surface area contributed by atoms with Crippen molar-refractivity contribution in [3.63, 3.8) is 0 Å². The summed E-state index contributed by atoms with van der Waals surface area (Å²) in [4.78, 5) is 12.2. The maximum atomic E-state index is 12.2. The van der Waals surface area contributed by atoms with Gasteiger partial charge in [-0.2, -0.15) is 0 Å². The van der Waals surface area contributed by atoms with Gasteiger partial charge >= 0.3 is 0 Å². The first-order valence-corrected chi connectivity index (χ1v) is 8.75. The first-order valence-electron chi connectivity index (χ1n) is 6.93. The molecule has 5 nitrogen and oxygen atoms in total. The number of amides is 1. The fraction of sp³-hybridized carbons (Fsp3) is 0.400. The molecule has 1 aromatic heterocycles. The van der Waals surface area contributed by atoms with Crippen molar-refractivity contribution in [2.45, 2.75) is 13.3 Å². The molecule has 1 amide bonds. The summed E-state index contributed by atoms with van der Waals surface area (Å²) < 4.78 is 28.4. The van der Waals surface area contributed by atoms with Gasteiger partial charge in [0.15, 0.2) is 15.6 Å². The number of hydrogen-bond donors (Lipinski definition) is 1. The lowest BCUT2D eigenvalue weighted by atomic mass is 10.1. The number of furan rings is 1. The molecule has 1 aliphatic heterocycles. The summed E-state index contributed by atoms with van der Waals surface area (Å²) in [5.74, 6) is 0.400. The topological polar surface area (TPSA) is 76.4 Å². The van der Waals surface area contributed by atoms with E-state index in [2.05, 4.69) is 5.32 Å². The lowest BCUT2D eigenvalue weighted by Gasteiger charge is -2.08. The van der Waals surface area contributed by atoms with Crippen LogP contribution in [0.1, 0.15) is 22.5 Å². The standard InChI is InChI=1S/C15H17NO4S/c1-10-12-4-2-3-5-13(12)20-14(10)15(17)16-8-11-6-7-21(18,19)9-11/h2-5,11H,6-9H2,1H3,(H,16,17)/t11-/m1/s1. The highest BCUT2D eigenvalue weighted by Gasteiger charge is 2.28. The van der Waals surface area contributed by atoms with E-state index < -0.39 is 9.84 Å². The molecule has 2 heterocycles. The third kappa shape index (κ3) is 2.81. The van der Waals surface area contributed by atoms with E-state index in [0.717, 1.165) is 10.9 Å². The fourth-order valence-corrected chi connectivity index (χ4v) is 4.60. The van der Waals surface area contributed by atoms with E-state index in [4.69, 9.17) is 4.42 Å². The second-order valence-corrected chi connectivity index (χ2v) is 7.76. The third-order valence-corrected chi connectivity index (χ3v) is 5.76. The molecule has 0 spiro atoms. The second-order valence-electron chi connectivity index (χ2n) is 5.53. The van der Waals surface area contributed by atoms with Crippen LogP contribution in [0.15, 0.2) is 28.7 Å². The zero-order valence-electron chi connectivity index (χ0n) is 11.8. The van der Waals surface area contributed by atoms with Crippen molar-refractivity contribution in [2.75, 3.05) is 18.1 Å². The van der Waals surface area contributed by atoms with E-state index in [9.17, 15) is 13.2 Å². The first kappa shape index (κ1) is 14.1. The van der Waals surface area contributed by atoms with Crippen LogP contribution in [-0.4, -0.2) is 32.4 Å². The first-order chi connectivity index (χ1) is 9.96. The number of carbonyl (C=O) groups excluding carboxylic acids is 1. The number of benzene rings is 1. The van der Waals surface area contributed by atoms with Crippen molar-refractivity contribution in [3.05, 3.63) is 35.6 Å². The van der Waals surface area contributed by atoms with Crippen LogP contribution < -0.4 is 5.32 Å². The van der Waals surface area contributed by atoms with Gasteiger partial charge in [-0.25, -0.2) is 8.42 Å². The van der Waals surface area contributed by atoms with Gasteiger partial charge in [0, 0.05) is 17.5 Å². The molecule has 0 radical (unpaired) electrons. The molecular formula is C15H17NO4S. The number of nitrogens with one attached hydrogen (secondary N) is 1.